The maximum absolute atomic E-state index is 13.7. The number of carbonyl (C=O) groups excluding carboxylic acids is 2. The summed E-state index contributed by atoms with van der Waals surface area (Å²) in [4.78, 5) is 29.4. The zero-order valence-corrected chi connectivity index (χ0v) is 18.3. The van der Waals surface area contributed by atoms with E-state index in [1.165, 1.54) is 12.1 Å². The van der Waals surface area contributed by atoms with E-state index in [1.807, 2.05) is 0 Å². The van der Waals surface area contributed by atoms with Crippen molar-refractivity contribution < 1.29 is 14.0 Å². The quantitative estimate of drug-likeness (QED) is 0.633. The highest BCUT2D eigenvalue weighted by Crippen LogP contribution is 2.56. The Hall–Kier alpha value is -2.23. The smallest absolute Gasteiger partial charge is 0.162 e. The summed E-state index contributed by atoms with van der Waals surface area (Å²) in [5.41, 5.74) is 4.49. The highest BCUT2D eigenvalue weighted by atomic mass is 19.1. The molecule has 3 aliphatic carbocycles. The summed E-state index contributed by atoms with van der Waals surface area (Å²) >= 11 is 0. The van der Waals surface area contributed by atoms with E-state index in [9.17, 15) is 14.0 Å². The van der Waals surface area contributed by atoms with E-state index in [0.717, 1.165) is 53.8 Å². The van der Waals surface area contributed by atoms with Crippen molar-refractivity contribution in [2.75, 3.05) is 0 Å². The second-order valence-electron chi connectivity index (χ2n) is 11.2. The fourth-order valence-electron chi connectivity index (χ4n) is 5.76. The van der Waals surface area contributed by atoms with Gasteiger partial charge in [0.1, 0.15) is 5.82 Å². The summed E-state index contributed by atoms with van der Waals surface area (Å²) in [6.07, 6.45) is 4.88. The van der Waals surface area contributed by atoms with Crippen molar-refractivity contribution >= 4 is 11.6 Å². The van der Waals surface area contributed by atoms with Gasteiger partial charge >= 0.3 is 0 Å². The Morgan fingerprint density at radius 2 is 1.27 bits per heavy atom. The van der Waals surface area contributed by atoms with Gasteiger partial charge in [-0.1, -0.05) is 39.8 Å². The normalized spacial score (nSPS) is 26.1. The molecule has 4 heteroatoms. The highest BCUT2D eigenvalue weighted by Gasteiger charge is 2.51. The lowest BCUT2D eigenvalue weighted by atomic mass is 9.63. The van der Waals surface area contributed by atoms with Gasteiger partial charge in [0.05, 0.1) is 0 Å². The summed E-state index contributed by atoms with van der Waals surface area (Å²) in [6, 6.07) is 6.79. The zero-order chi connectivity index (χ0) is 21.4. The van der Waals surface area contributed by atoms with Gasteiger partial charge in [0.25, 0.3) is 0 Å². The van der Waals surface area contributed by atoms with Crippen LogP contribution in [-0.4, -0.2) is 22.5 Å². The van der Waals surface area contributed by atoms with Crippen molar-refractivity contribution in [3.63, 3.8) is 0 Å². The minimum Gasteiger partial charge on any atom is -0.345 e. The van der Waals surface area contributed by atoms with Crippen LogP contribution in [0.1, 0.15) is 77.7 Å². The molecule has 1 saturated carbocycles. The Morgan fingerprint density at radius 3 is 1.70 bits per heavy atom. The van der Waals surface area contributed by atoms with Crippen LogP contribution in [0.15, 0.2) is 46.8 Å². The number of halogens is 1. The molecule has 0 atom stereocenters. The molecule has 0 bridgehead atoms. The Bertz CT molecular complexity index is 954. The SMILES string of the molecule is CC1(C)CC(=O)C2=C(C1)N(C1CC1)C1=C(C(=O)CC(C)(C)C1)C2c1ccc(F)cc1. The Kier molecular flexibility index (Phi) is 4.20. The molecule has 158 valence electrons. The largest absolute Gasteiger partial charge is 0.345 e. The first kappa shape index (κ1) is 19.7. The number of ketones is 2. The van der Waals surface area contributed by atoms with Crippen LogP contribution >= 0.6 is 0 Å². The second-order valence-corrected chi connectivity index (χ2v) is 11.2. The van der Waals surface area contributed by atoms with E-state index in [0.29, 0.717) is 18.9 Å². The van der Waals surface area contributed by atoms with Gasteiger partial charge in [-0.2, -0.15) is 0 Å². The number of carbonyl (C=O) groups is 2. The molecule has 30 heavy (non-hydrogen) atoms. The van der Waals surface area contributed by atoms with Crippen LogP contribution in [0.25, 0.3) is 0 Å². The van der Waals surface area contributed by atoms with Crippen LogP contribution in [0.3, 0.4) is 0 Å². The standard InChI is InChI=1S/C26H30FNO2/c1-25(2)11-18-23(20(29)13-25)22(15-5-7-16(27)8-6-15)24-19(28(18)17-9-10-17)12-26(3,4)14-21(24)30/h5-8,17,22H,9-14H2,1-4H3. The average molecular weight is 408 g/mol. The van der Waals surface area contributed by atoms with Crippen molar-refractivity contribution in [2.24, 2.45) is 10.8 Å². The summed E-state index contributed by atoms with van der Waals surface area (Å²) in [6.45, 7) is 8.64. The van der Waals surface area contributed by atoms with E-state index in [2.05, 4.69) is 32.6 Å². The van der Waals surface area contributed by atoms with Gasteiger partial charge in [0.2, 0.25) is 0 Å². The maximum Gasteiger partial charge on any atom is 0.162 e. The monoisotopic (exact) mass is 407 g/mol. The predicted octanol–water partition coefficient (Wildman–Crippen LogP) is 5.67. The van der Waals surface area contributed by atoms with Gasteiger partial charge in [-0.15, -0.1) is 0 Å². The third kappa shape index (κ3) is 3.16. The van der Waals surface area contributed by atoms with Gasteiger partial charge in [-0.05, 0) is 54.2 Å². The Morgan fingerprint density at radius 1 is 0.800 bits per heavy atom. The minimum atomic E-state index is -0.363. The van der Waals surface area contributed by atoms with Crippen LogP contribution in [-0.2, 0) is 9.59 Å². The number of benzene rings is 1. The molecule has 1 aromatic rings. The Labute approximate surface area is 178 Å². The van der Waals surface area contributed by atoms with Crippen LogP contribution in [0.4, 0.5) is 4.39 Å². The molecule has 0 N–H and O–H groups in total. The van der Waals surface area contributed by atoms with Crippen molar-refractivity contribution in [1.29, 1.82) is 0 Å². The fraction of sp³-hybridized carbons (Fsp3) is 0.538. The van der Waals surface area contributed by atoms with Crippen LogP contribution in [0.5, 0.6) is 0 Å². The summed E-state index contributed by atoms with van der Waals surface area (Å²) < 4.78 is 13.7. The first-order valence-electron chi connectivity index (χ1n) is 11.1. The molecule has 3 nitrogen and oxygen atoms in total. The number of allylic oxidation sites excluding steroid dienone is 4. The molecule has 1 aromatic carbocycles. The van der Waals surface area contributed by atoms with Crippen molar-refractivity contribution in [2.45, 2.75) is 78.2 Å². The molecular weight excluding hydrogens is 377 g/mol. The van der Waals surface area contributed by atoms with E-state index in [4.69, 9.17) is 0 Å². The van der Waals surface area contributed by atoms with Gasteiger partial charge in [0, 0.05) is 47.3 Å². The summed E-state index contributed by atoms with van der Waals surface area (Å²) in [5, 5.41) is 0. The van der Waals surface area contributed by atoms with Gasteiger partial charge in [-0.25, -0.2) is 4.39 Å². The molecule has 1 fully saturated rings. The minimum absolute atomic E-state index is 0.0946. The van der Waals surface area contributed by atoms with Crippen molar-refractivity contribution in [1.82, 2.24) is 4.90 Å². The number of hydrogen-bond donors (Lipinski definition) is 0. The fourth-order valence-corrected chi connectivity index (χ4v) is 5.76. The predicted molar refractivity (Wildman–Crippen MR) is 114 cm³/mol. The number of rotatable bonds is 2. The third-order valence-electron chi connectivity index (χ3n) is 7.07. The molecule has 0 spiro atoms. The van der Waals surface area contributed by atoms with E-state index in [1.54, 1.807) is 12.1 Å². The molecule has 0 amide bonds. The summed E-state index contributed by atoms with van der Waals surface area (Å²) in [5.74, 6) is -0.376. The molecule has 0 aromatic heterocycles. The molecular formula is C26H30FNO2. The number of hydrogen-bond acceptors (Lipinski definition) is 3. The first-order chi connectivity index (χ1) is 14.1. The molecule has 0 unspecified atom stereocenters. The molecule has 1 aliphatic heterocycles. The van der Waals surface area contributed by atoms with E-state index < -0.39 is 0 Å². The zero-order valence-electron chi connectivity index (χ0n) is 18.3. The molecule has 0 radical (unpaired) electrons. The van der Waals surface area contributed by atoms with Crippen LogP contribution in [0, 0.1) is 16.6 Å². The van der Waals surface area contributed by atoms with Crippen molar-refractivity contribution in [3.05, 3.63) is 58.2 Å². The van der Waals surface area contributed by atoms with E-state index >= 15 is 0 Å². The highest BCUT2D eigenvalue weighted by molar-refractivity contribution is 6.06. The maximum atomic E-state index is 13.7. The number of Topliss-reactive ketones (excluding diaryl/α,β-unsaturated/α-hetero) is 2. The third-order valence-corrected chi connectivity index (χ3v) is 7.07. The van der Waals surface area contributed by atoms with E-state index in [-0.39, 0.29) is 34.1 Å². The Balaban J connectivity index is 1.76. The topological polar surface area (TPSA) is 37.4 Å². The lowest BCUT2D eigenvalue weighted by molar-refractivity contribution is -0.119. The van der Waals surface area contributed by atoms with Crippen LogP contribution < -0.4 is 0 Å². The van der Waals surface area contributed by atoms with Crippen molar-refractivity contribution in [3.8, 4) is 0 Å². The first-order valence-corrected chi connectivity index (χ1v) is 11.1. The molecule has 1 heterocycles. The lowest BCUT2D eigenvalue weighted by Crippen LogP contribution is -2.45. The molecule has 5 rings (SSSR count). The molecule has 4 aliphatic rings. The average Bonchev–Trinajstić information content (AvgIpc) is 3.43. The summed E-state index contributed by atoms with van der Waals surface area (Å²) in [7, 11) is 0. The molecule has 0 saturated heterocycles. The van der Waals surface area contributed by atoms with Gasteiger partial charge in [0.15, 0.2) is 11.6 Å². The van der Waals surface area contributed by atoms with Gasteiger partial charge in [-0.3, -0.25) is 9.59 Å². The van der Waals surface area contributed by atoms with Crippen LogP contribution in [0.2, 0.25) is 0 Å². The lowest BCUT2D eigenvalue weighted by Gasteiger charge is -2.49. The number of nitrogens with zero attached hydrogens (tertiary/aromatic N) is 1. The van der Waals surface area contributed by atoms with Gasteiger partial charge < -0.3 is 4.90 Å². The second kappa shape index (κ2) is 6.38.